The summed E-state index contributed by atoms with van der Waals surface area (Å²) in [5, 5.41) is 15.6. The Labute approximate surface area is 203 Å². The summed E-state index contributed by atoms with van der Waals surface area (Å²) >= 11 is 0. The standard InChI is InChI=1S/C22H25F2N5O7/c1-2-14(16(30)19-27-17(28-36-19)12-6-4-3-5-7-12)26-18(31)13(10-22(23,24)20(25)32)15-11-35-9-8-29(15)21(33)34/h3-7,13-15H,2,8-11H2,1H3,(H2,25,32)(H,26,31)(H,33,34)/t13-,14-,15?/m0/s1. The highest BCUT2D eigenvalue weighted by molar-refractivity contribution is 5.99. The number of ketones is 1. The average molecular weight is 509 g/mol. The summed E-state index contributed by atoms with van der Waals surface area (Å²) in [5.41, 5.74) is 5.36. The van der Waals surface area contributed by atoms with Gasteiger partial charge in [0, 0.05) is 18.5 Å². The fraction of sp³-hybridized carbons (Fsp3) is 0.455. The first-order valence-corrected chi connectivity index (χ1v) is 11.0. The van der Waals surface area contributed by atoms with Crippen molar-refractivity contribution in [1.29, 1.82) is 0 Å². The van der Waals surface area contributed by atoms with E-state index < -0.39 is 59.9 Å². The number of carbonyl (C=O) groups is 4. The van der Waals surface area contributed by atoms with Gasteiger partial charge in [-0.2, -0.15) is 13.8 Å². The predicted octanol–water partition coefficient (Wildman–Crippen LogP) is 1.32. The number of nitrogens with two attached hydrogens (primary N) is 1. The Kier molecular flexibility index (Phi) is 8.29. The van der Waals surface area contributed by atoms with Crippen molar-refractivity contribution in [2.75, 3.05) is 19.8 Å². The summed E-state index contributed by atoms with van der Waals surface area (Å²) in [5.74, 6) is -9.97. The van der Waals surface area contributed by atoms with E-state index in [0.29, 0.717) is 5.56 Å². The van der Waals surface area contributed by atoms with Crippen molar-refractivity contribution < 1.29 is 42.3 Å². The van der Waals surface area contributed by atoms with Crippen LogP contribution < -0.4 is 11.1 Å². The first-order valence-electron chi connectivity index (χ1n) is 11.0. The van der Waals surface area contributed by atoms with Crippen LogP contribution in [0.3, 0.4) is 0 Å². The molecule has 1 saturated heterocycles. The van der Waals surface area contributed by atoms with E-state index in [0.717, 1.165) is 4.90 Å². The number of amides is 3. The zero-order valence-electron chi connectivity index (χ0n) is 19.2. The van der Waals surface area contributed by atoms with Crippen LogP contribution in [0, 0.1) is 5.92 Å². The van der Waals surface area contributed by atoms with Crippen LogP contribution in [0.4, 0.5) is 13.6 Å². The molecule has 1 aliphatic rings. The smallest absolute Gasteiger partial charge is 0.407 e. The van der Waals surface area contributed by atoms with Crippen LogP contribution in [0.1, 0.15) is 30.5 Å². The normalized spacial score (nSPS) is 17.8. The second kappa shape index (κ2) is 11.2. The Hall–Kier alpha value is -3.94. The van der Waals surface area contributed by atoms with Crippen LogP contribution in [0.2, 0.25) is 0 Å². The van der Waals surface area contributed by atoms with Crippen LogP contribution in [0.5, 0.6) is 0 Å². The molecule has 2 aromatic rings. The molecule has 14 heteroatoms. The number of alkyl halides is 2. The molecule has 1 aromatic carbocycles. The lowest BCUT2D eigenvalue weighted by Gasteiger charge is -2.38. The average Bonchev–Trinajstić information content (AvgIpc) is 3.36. The molecule has 0 aliphatic carbocycles. The number of Topliss-reactive ketones (excluding diaryl/α,β-unsaturated/α-hetero) is 1. The van der Waals surface area contributed by atoms with Crippen molar-refractivity contribution in [3.05, 3.63) is 36.2 Å². The lowest BCUT2D eigenvalue weighted by Crippen LogP contribution is -2.58. The van der Waals surface area contributed by atoms with Crippen LogP contribution >= 0.6 is 0 Å². The van der Waals surface area contributed by atoms with Gasteiger partial charge in [0.2, 0.25) is 17.5 Å². The molecule has 36 heavy (non-hydrogen) atoms. The monoisotopic (exact) mass is 509 g/mol. The Bertz CT molecular complexity index is 1110. The van der Waals surface area contributed by atoms with Crippen LogP contribution in [-0.4, -0.2) is 81.6 Å². The lowest BCUT2D eigenvalue weighted by molar-refractivity contribution is -0.150. The summed E-state index contributed by atoms with van der Waals surface area (Å²) < 4.78 is 38.8. The van der Waals surface area contributed by atoms with Gasteiger partial charge in [-0.25, -0.2) is 4.79 Å². The van der Waals surface area contributed by atoms with Gasteiger partial charge in [0.25, 0.3) is 11.8 Å². The number of nitrogens with zero attached hydrogens (tertiary/aromatic N) is 3. The fourth-order valence-electron chi connectivity index (χ4n) is 3.78. The molecule has 3 atom stereocenters. The minimum Gasteiger partial charge on any atom is -0.465 e. The number of rotatable bonds is 10. The molecular weight excluding hydrogens is 484 g/mol. The first-order chi connectivity index (χ1) is 17.0. The highest BCUT2D eigenvalue weighted by Gasteiger charge is 2.47. The minimum absolute atomic E-state index is 0.000330. The number of morpholine rings is 1. The van der Waals surface area contributed by atoms with Gasteiger partial charge in [-0.05, 0) is 6.42 Å². The molecule has 194 valence electrons. The van der Waals surface area contributed by atoms with Crippen LogP contribution in [0.25, 0.3) is 11.4 Å². The molecule has 0 radical (unpaired) electrons. The molecule has 3 amide bonds. The van der Waals surface area contributed by atoms with Crippen LogP contribution in [0.15, 0.2) is 34.9 Å². The second-order valence-electron chi connectivity index (χ2n) is 8.12. The van der Waals surface area contributed by atoms with Crippen molar-refractivity contribution in [3.8, 4) is 11.4 Å². The molecule has 0 bridgehead atoms. The van der Waals surface area contributed by atoms with Crippen molar-refractivity contribution in [3.63, 3.8) is 0 Å². The van der Waals surface area contributed by atoms with Gasteiger partial charge in [-0.15, -0.1) is 0 Å². The first kappa shape index (κ1) is 26.7. The van der Waals surface area contributed by atoms with Gasteiger partial charge in [0.15, 0.2) is 0 Å². The van der Waals surface area contributed by atoms with Gasteiger partial charge < -0.3 is 25.4 Å². The maximum Gasteiger partial charge on any atom is 0.407 e. The number of carboxylic acid groups (broad SMARTS) is 1. The van der Waals surface area contributed by atoms with E-state index in [1.165, 1.54) is 0 Å². The Morgan fingerprint density at radius 3 is 2.58 bits per heavy atom. The van der Waals surface area contributed by atoms with Crippen molar-refractivity contribution in [2.24, 2.45) is 11.7 Å². The third kappa shape index (κ3) is 6.00. The van der Waals surface area contributed by atoms with E-state index in [4.69, 9.17) is 15.0 Å². The third-order valence-electron chi connectivity index (χ3n) is 5.76. The highest BCUT2D eigenvalue weighted by atomic mass is 19.3. The topological polar surface area (TPSA) is 178 Å². The summed E-state index contributed by atoms with van der Waals surface area (Å²) in [4.78, 5) is 53.9. The molecule has 0 saturated carbocycles. The fourth-order valence-corrected chi connectivity index (χ4v) is 3.78. The Balaban J connectivity index is 1.83. The van der Waals surface area contributed by atoms with Crippen LogP contribution in [-0.2, 0) is 14.3 Å². The molecule has 2 heterocycles. The lowest BCUT2D eigenvalue weighted by atomic mass is 9.89. The van der Waals surface area contributed by atoms with Gasteiger partial charge in [-0.3, -0.25) is 19.3 Å². The van der Waals surface area contributed by atoms with Crippen molar-refractivity contribution in [2.45, 2.75) is 37.8 Å². The molecule has 3 rings (SSSR count). The molecule has 1 fully saturated rings. The van der Waals surface area contributed by atoms with Gasteiger partial charge in [-0.1, -0.05) is 42.4 Å². The highest BCUT2D eigenvalue weighted by Crippen LogP contribution is 2.29. The maximum absolute atomic E-state index is 14.3. The zero-order chi connectivity index (χ0) is 26.5. The number of primary amides is 1. The molecular formula is C22H25F2N5O7. The number of nitrogens with one attached hydrogen (secondary N) is 1. The molecule has 4 N–H and O–H groups in total. The van der Waals surface area contributed by atoms with Gasteiger partial charge >= 0.3 is 12.0 Å². The number of halogens is 2. The van der Waals surface area contributed by atoms with E-state index in [1.807, 2.05) is 0 Å². The summed E-state index contributed by atoms with van der Waals surface area (Å²) in [6.07, 6.45) is -2.81. The quantitative estimate of drug-likeness (QED) is 0.398. The van der Waals surface area contributed by atoms with Gasteiger partial charge in [0.1, 0.15) is 0 Å². The number of benzene rings is 1. The summed E-state index contributed by atoms with van der Waals surface area (Å²) in [7, 11) is 0. The minimum atomic E-state index is -4.12. The Morgan fingerprint density at radius 1 is 1.28 bits per heavy atom. The Morgan fingerprint density at radius 2 is 1.97 bits per heavy atom. The van der Waals surface area contributed by atoms with Crippen molar-refractivity contribution >= 4 is 23.7 Å². The largest absolute Gasteiger partial charge is 0.465 e. The number of hydrogen-bond donors (Lipinski definition) is 3. The van der Waals surface area contributed by atoms with E-state index in [9.17, 15) is 33.1 Å². The molecule has 1 aliphatic heterocycles. The second-order valence-corrected chi connectivity index (χ2v) is 8.12. The van der Waals surface area contributed by atoms with E-state index in [-0.39, 0.29) is 32.0 Å². The summed E-state index contributed by atoms with van der Waals surface area (Å²) in [6.45, 7) is 1.01. The number of hydrogen-bond acceptors (Lipinski definition) is 8. The van der Waals surface area contributed by atoms with E-state index >= 15 is 0 Å². The van der Waals surface area contributed by atoms with Gasteiger partial charge in [0.05, 0.1) is 31.2 Å². The number of carbonyl (C=O) groups excluding carboxylic acids is 3. The number of aromatic nitrogens is 2. The van der Waals surface area contributed by atoms with E-state index in [1.54, 1.807) is 37.3 Å². The third-order valence-corrected chi connectivity index (χ3v) is 5.76. The molecule has 1 unspecified atom stereocenters. The number of ether oxygens (including phenoxy) is 1. The predicted molar refractivity (Wildman–Crippen MR) is 118 cm³/mol. The summed E-state index contributed by atoms with van der Waals surface area (Å²) in [6, 6.07) is 6.04. The SMILES string of the molecule is CC[C@H](NC(=O)[C@@H](CC(F)(F)C(N)=O)C1COCCN1C(=O)O)C(=O)c1nc(-c2ccccc2)no1. The molecule has 1 aromatic heterocycles. The van der Waals surface area contributed by atoms with Crippen molar-refractivity contribution in [1.82, 2.24) is 20.4 Å². The van der Waals surface area contributed by atoms with E-state index in [2.05, 4.69) is 15.5 Å². The molecule has 12 nitrogen and oxygen atoms in total. The zero-order valence-corrected chi connectivity index (χ0v) is 19.2. The molecule has 0 spiro atoms. The maximum atomic E-state index is 14.3.